The van der Waals surface area contributed by atoms with Crippen LogP contribution in [0.3, 0.4) is 0 Å². The van der Waals surface area contributed by atoms with E-state index in [2.05, 4.69) is 30.5 Å². The van der Waals surface area contributed by atoms with E-state index in [0.717, 1.165) is 53.4 Å². The number of carbonyl (C=O) groups excluding carboxylic acids is 1. The number of pyridine rings is 1. The number of hydrogen-bond donors (Lipinski definition) is 2. The van der Waals surface area contributed by atoms with Crippen LogP contribution in [0.15, 0.2) is 29.0 Å². The van der Waals surface area contributed by atoms with Crippen LogP contribution in [-0.2, 0) is 0 Å². The number of anilines is 2. The van der Waals surface area contributed by atoms with Crippen LogP contribution >= 0.6 is 0 Å². The Morgan fingerprint density at radius 3 is 2.96 bits per heavy atom. The second-order valence-corrected chi connectivity index (χ2v) is 6.73. The number of rotatable bonds is 4. The zero-order chi connectivity index (χ0) is 19.0. The number of carbonyl (C=O) groups is 1. The Morgan fingerprint density at radius 1 is 1.30 bits per heavy atom. The molecule has 0 radical (unpaired) electrons. The first-order valence-corrected chi connectivity index (χ1v) is 8.98. The number of nitrogens with one attached hydrogen (secondary N) is 2. The zero-order valence-electron chi connectivity index (χ0n) is 15.6. The third-order valence-corrected chi connectivity index (χ3v) is 5.00. The highest BCUT2D eigenvalue weighted by atomic mass is 16.3. The monoisotopic (exact) mass is 366 g/mol. The van der Waals surface area contributed by atoms with Crippen molar-refractivity contribution >= 4 is 28.5 Å². The van der Waals surface area contributed by atoms with Crippen molar-refractivity contribution in [3.05, 3.63) is 41.7 Å². The van der Waals surface area contributed by atoms with Crippen LogP contribution in [0.25, 0.3) is 11.0 Å². The van der Waals surface area contributed by atoms with E-state index < -0.39 is 0 Å². The summed E-state index contributed by atoms with van der Waals surface area (Å²) in [4.78, 5) is 27.4. The molecular weight excluding hydrogens is 344 g/mol. The fraction of sp³-hybridized carbons (Fsp3) is 0.368. The molecule has 1 saturated heterocycles. The molecule has 4 heterocycles. The summed E-state index contributed by atoms with van der Waals surface area (Å²) in [5, 5.41) is 7.09. The average molecular weight is 366 g/mol. The zero-order valence-corrected chi connectivity index (χ0v) is 15.6. The van der Waals surface area contributed by atoms with Crippen molar-refractivity contribution in [1.82, 2.24) is 20.3 Å². The van der Waals surface area contributed by atoms with E-state index in [0.29, 0.717) is 0 Å². The molecule has 4 rings (SSSR count). The molecule has 140 valence electrons. The highest BCUT2D eigenvalue weighted by Gasteiger charge is 2.27. The Labute approximate surface area is 157 Å². The molecule has 1 amide bonds. The molecule has 0 aromatic carbocycles. The lowest BCUT2D eigenvalue weighted by atomic mass is 10.2. The topological polar surface area (TPSA) is 96.2 Å². The summed E-state index contributed by atoms with van der Waals surface area (Å²) in [6.07, 6.45) is 4.37. The minimum atomic E-state index is -0.274. The maximum Gasteiger partial charge on any atom is 0.288 e. The molecule has 1 atom stereocenters. The molecule has 0 aliphatic carbocycles. The molecule has 3 aromatic heterocycles. The summed E-state index contributed by atoms with van der Waals surface area (Å²) in [7, 11) is 1.58. The maximum atomic E-state index is 12.0. The van der Waals surface area contributed by atoms with E-state index in [4.69, 9.17) is 4.42 Å². The van der Waals surface area contributed by atoms with Gasteiger partial charge in [0, 0.05) is 43.6 Å². The predicted molar refractivity (Wildman–Crippen MR) is 103 cm³/mol. The number of nitrogens with zero attached hydrogens (tertiary/aromatic N) is 4. The summed E-state index contributed by atoms with van der Waals surface area (Å²) in [6.45, 7) is 5.53. The molecule has 8 heteroatoms. The van der Waals surface area contributed by atoms with Crippen molar-refractivity contribution in [2.75, 3.05) is 30.4 Å². The number of aryl methyl sites for hydroxylation is 1. The Morgan fingerprint density at radius 2 is 2.15 bits per heavy atom. The van der Waals surface area contributed by atoms with Crippen LogP contribution in [0.2, 0.25) is 0 Å². The molecular formula is C19H22N6O2. The molecule has 0 spiro atoms. The van der Waals surface area contributed by atoms with Gasteiger partial charge in [0.15, 0.2) is 0 Å². The summed E-state index contributed by atoms with van der Waals surface area (Å²) in [6, 6.07) is 4.01. The van der Waals surface area contributed by atoms with Gasteiger partial charge in [-0.2, -0.15) is 0 Å². The fourth-order valence-electron chi connectivity index (χ4n) is 3.41. The maximum absolute atomic E-state index is 12.0. The van der Waals surface area contributed by atoms with Crippen molar-refractivity contribution in [3.8, 4) is 0 Å². The molecule has 2 N–H and O–H groups in total. The molecule has 1 fully saturated rings. The van der Waals surface area contributed by atoms with E-state index >= 15 is 0 Å². The SMILES string of the molecule is CNC(=O)c1nc(C)c(C)c(N2CC[C@@H](Nc3nccc4occc34)C2)n1. The number of aromatic nitrogens is 3. The summed E-state index contributed by atoms with van der Waals surface area (Å²) in [5.41, 5.74) is 2.64. The summed E-state index contributed by atoms with van der Waals surface area (Å²) >= 11 is 0. The summed E-state index contributed by atoms with van der Waals surface area (Å²) in [5.74, 6) is 1.58. The van der Waals surface area contributed by atoms with E-state index in [9.17, 15) is 4.79 Å². The summed E-state index contributed by atoms with van der Waals surface area (Å²) < 4.78 is 5.44. The third kappa shape index (κ3) is 3.18. The normalized spacial score (nSPS) is 16.7. The first-order valence-electron chi connectivity index (χ1n) is 8.98. The molecule has 0 saturated carbocycles. The molecule has 27 heavy (non-hydrogen) atoms. The number of furan rings is 1. The van der Waals surface area contributed by atoms with Gasteiger partial charge >= 0.3 is 0 Å². The fourth-order valence-corrected chi connectivity index (χ4v) is 3.41. The molecule has 3 aromatic rings. The van der Waals surface area contributed by atoms with Crippen molar-refractivity contribution < 1.29 is 9.21 Å². The first kappa shape index (κ1) is 17.3. The second-order valence-electron chi connectivity index (χ2n) is 6.73. The van der Waals surface area contributed by atoms with Crippen molar-refractivity contribution in [2.24, 2.45) is 0 Å². The highest BCUT2D eigenvalue weighted by molar-refractivity contribution is 5.90. The van der Waals surface area contributed by atoms with E-state index in [-0.39, 0.29) is 17.8 Å². The standard InChI is InChI=1S/C19H22N6O2/c1-11-12(2)22-17(19(26)20-3)24-18(11)25-8-5-13(10-25)23-16-14-6-9-27-15(14)4-7-21-16/h4,6-7,9,13H,5,8,10H2,1-3H3,(H,20,26)(H,21,23)/t13-/m1/s1. The Bertz CT molecular complexity index is 999. The second kappa shape index (κ2) is 6.86. The van der Waals surface area contributed by atoms with Crippen LogP contribution in [0.5, 0.6) is 0 Å². The first-order chi connectivity index (χ1) is 13.1. The van der Waals surface area contributed by atoms with Gasteiger partial charge in [-0.25, -0.2) is 15.0 Å². The number of hydrogen-bond acceptors (Lipinski definition) is 7. The molecule has 1 aliphatic rings. The third-order valence-electron chi connectivity index (χ3n) is 5.00. The van der Waals surface area contributed by atoms with Gasteiger partial charge < -0.3 is 20.0 Å². The largest absolute Gasteiger partial charge is 0.464 e. The highest BCUT2D eigenvalue weighted by Crippen LogP contribution is 2.27. The molecule has 0 unspecified atom stereocenters. The Hall–Kier alpha value is -3.16. The predicted octanol–water partition coefficient (Wildman–Crippen LogP) is 2.29. The lowest BCUT2D eigenvalue weighted by molar-refractivity contribution is 0.0952. The molecule has 8 nitrogen and oxygen atoms in total. The Balaban J connectivity index is 1.55. The lowest BCUT2D eigenvalue weighted by Crippen LogP contribution is -2.29. The van der Waals surface area contributed by atoms with E-state index in [1.165, 1.54) is 0 Å². The van der Waals surface area contributed by atoms with Gasteiger partial charge in [-0.05, 0) is 32.4 Å². The molecule has 0 bridgehead atoms. The number of amides is 1. The van der Waals surface area contributed by atoms with Gasteiger partial charge in [-0.15, -0.1) is 0 Å². The lowest BCUT2D eigenvalue weighted by Gasteiger charge is -2.21. The van der Waals surface area contributed by atoms with Crippen molar-refractivity contribution in [3.63, 3.8) is 0 Å². The van der Waals surface area contributed by atoms with Gasteiger partial charge in [0.25, 0.3) is 5.91 Å². The van der Waals surface area contributed by atoms with Gasteiger partial charge in [-0.1, -0.05) is 0 Å². The smallest absolute Gasteiger partial charge is 0.288 e. The quantitative estimate of drug-likeness (QED) is 0.731. The van der Waals surface area contributed by atoms with Gasteiger partial charge in [0.05, 0.1) is 11.6 Å². The van der Waals surface area contributed by atoms with E-state index in [1.54, 1.807) is 19.5 Å². The Kier molecular flexibility index (Phi) is 4.39. The number of fused-ring (bicyclic) bond motifs is 1. The minimum Gasteiger partial charge on any atom is -0.464 e. The van der Waals surface area contributed by atoms with Crippen LogP contribution in [0, 0.1) is 13.8 Å². The van der Waals surface area contributed by atoms with Gasteiger partial charge in [0.1, 0.15) is 17.2 Å². The van der Waals surface area contributed by atoms with Gasteiger partial charge in [-0.3, -0.25) is 4.79 Å². The van der Waals surface area contributed by atoms with Crippen LogP contribution in [0.1, 0.15) is 28.3 Å². The minimum absolute atomic E-state index is 0.205. The van der Waals surface area contributed by atoms with Crippen molar-refractivity contribution in [2.45, 2.75) is 26.3 Å². The van der Waals surface area contributed by atoms with Crippen molar-refractivity contribution in [1.29, 1.82) is 0 Å². The van der Waals surface area contributed by atoms with E-state index in [1.807, 2.05) is 26.0 Å². The van der Waals surface area contributed by atoms with Crippen LogP contribution in [0.4, 0.5) is 11.6 Å². The van der Waals surface area contributed by atoms with Gasteiger partial charge in [0.2, 0.25) is 5.82 Å². The van der Waals surface area contributed by atoms with Crippen LogP contribution in [-0.4, -0.2) is 47.0 Å². The average Bonchev–Trinajstić information content (AvgIpc) is 3.33. The van der Waals surface area contributed by atoms with Crippen LogP contribution < -0.4 is 15.5 Å². The molecule has 1 aliphatic heterocycles.